The number of hydrogen-bond donors (Lipinski definition) is 1. The number of aliphatic hydroxyl groups excluding tert-OH is 1. The molecule has 0 aromatic carbocycles. The Morgan fingerprint density at radius 2 is 2.33 bits per heavy atom. The van der Waals surface area contributed by atoms with E-state index < -0.39 is 0 Å². The molecule has 0 spiro atoms. The van der Waals surface area contributed by atoms with Gasteiger partial charge < -0.3 is 9.52 Å². The number of fused-ring (bicyclic) bond motifs is 1. The lowest BCUT2D eigenvalue weighted by Crippen LogP contribution is -2.24. The van der Waals surface area contributed by atoms with Crippen molar-refractivity contribution in [1.29, 1.82) is 0 Å². The Morgan fingerprint density at radius 3 is 3.08 bits per heavy atom. The second-order valence-corrected chi connectivity index (χ2v) is 4.36. The van der Waals surface area contributed by atoms with Crippen molar-refractivity contribution >= 4 is 0 Å². The van der Waals surface area contributed by atoms with E-state index in [0.29, 0.717) is 0 Å². The van der Waals surface area contributed by atoms with E-state index in [9.17, 15) is 5.11 Å². The summed E-state index contributed by atoms with van der Waals surface area (Å²) in [4.78, 5) is 0. The lowest BCUT2D eigenvalue weighted by atomic mass is 9.76. The van der Waals surface area contributed by atoms with Crippen LogP contribution < -0.4 is 0 Å². The smallest absolute Gasteiger partial charge is 0.110 e. The van der Waals surface area contributed by atoms with Crippen LogP contribution in [-0.4, -0.2) is 5.11 Å². The van der Waals surface area contributed by atoms with Gasteiger partial charge in [-0.1, -0.05) is 13.8 Å². The normalized spacial score (nSPS) is 26.8. The van der Waals surface area contributed by atoms with E-state index in [1.165, 1.54) is 0 Å². The molecule has 1 atom stereocenters. The summed E-state index contributed by atoms with van der Waals surface area (Å²) in [5.41, 5.74) is 1.15. The van der Waals surface area contributed by atoms with Gasteiger partial charge >= 0.3 is 0 Å². The molecule has 0 fully saturated rings. The van der Waals surface area contributed by atoms with Gasteiger partial charge in [-0.25, -0.2) is 0 Å². The minimum absolute atomic E-state index is 0.171. The summed E-state index contributed by atoms with van der Waals surface area (Å²) in [6.45, 7) is 4.31. The van der Waals surface area contributed by atoms with Crippen LogP contribution in [0.15, 0.2) is 16.7 Å². The molecule has 2 nitrogen and oxygen atoms in total. The number of aliphatic hydroxyl groups is 1. The maximum atomic E-state index is 9.73. The van der Waals surface area contributed by atoms with Crippen molar-refractivity contribution in [1.82, 2.24) is 0 Å². The van der Waals surface area contributed by atoms with Crippen LogP contribution in [0.4, 0.5) is 0 Å². The first-order valence-electron chi connectivity index (χ1n) is 4.33. The lowest BCUT2D eigenvalue weighted by molar-refractivity contribution is 0.0933. The Bertz CT molecular complexity index is 286. The summed E-state index contributed by atoms with van der Waals surface area (Å²) in [5.74, 6) is 0.957. The van der Waals surface area contributed by atoms with Crippen molar-refractivity contribution in [2.75, 3.05) is 0 Å². The van der Waals surface area contributed by atoms with Gasteiger partial charge in [0.15, 0.2) is 0 Å². The maximum Gasteiger partial charge on any atom is 0.110 e. The maximum absolute atomic E-state index is 9.73. The fraction of sp³-hybridized carbons (Fsp3) is 0.600. The van der Waals surface area contributed by atoms with Gasteiger partial charge in [-0.2, -0.15) is 0 Å². The molecule has 1 aliphatic rings. The lowest BCUT2D eigenvalue weighted by Gasteiger charge is -2.31. The first kappa shape index (κ1) is 7.87. The number of furan rings is 1. The van der Waals surface area contributed by atoms with Gasteiger partial charge in [0.05, 0.1) is 12.4 Å². The van der Waals surface area contributed by atoms with E-state index in [0.717, 1.165) is 24.2 Å². The second-order valence-electron chi connectivity index (χ2n) is 4.36. The Balaban J connectivity index is 2.38. The van der Waals surface area contributed by atoms with Gasteiger partial charge in [0, 0.05) is 12.0 Å². The Labute approximate surface area is 72.2 Å². The zero-order valence-electron chi connectivity index (χ0n) is 7.50. The molecule has 0 unspecified atom stereocenters. The highest BCUT2D eigenvalue weighted by Crippen LogP contribution is 2.40. The van der Waals surface area contributed by atoms with E-state index in [2.05, 4.69) is 13.8 Å². The molecule has 1 aromatic heterocycles. The summed E-state index contributed by atoms with van der Waals surface area (Å²) < 4.78 is 5.30. The van der Waals surface area contributed by atoms with Crippen LogP contribution in [0, 0.1) is 5.41 Å². The first-order valence-corrected chi connectivity index (χ1v) is 4.33. The largest absolute Gasteiger partial charge is 0.469 e. The molecule has 0 radical (unpaired) electrons. The summed E-state index contributed by atoms with van der Waals surface area (Å²) in [7, 11) is 0. The molecule has 1 aromatic rings. The molecule has 0 saturated carbocycles. The van der Waals surface area contributed by atoms with E-state index in [1.807, 2.05) is 6.07 Å². The van der Waals surface area contributed by atoms with Gasteiger partial charge in [0.25, 0.3) is 0 Å². The van der Waals surface area contributed by atoms with Crippen LogP contribution in [0.2, 0.25) is 0 Å². The standard InChI is InChI=1S/C10H14O2/c1-10(2)5-8(11)7-3-4-12-9(7)6-10/h3-4,8,11H,5-6H2,1-2H3/t8-/m1/s1. The first-order chi connectivity index (χ1) is 5.58. The quantitative estimate of drug-likeness (QED) is 0.641. The van der Waals surface area contributed by atoms with E-state index in [1.54, 1.807) is 6.26 Å². The van der Waals surface area contributed by atoms with Crippen LogP contribution in [0.3, 0.4) is 0 Å². The third kappa shape index (κ3) is 1.16. The summed E-state index contributed by atoms with van der Waals surface area (Å²) in [6, 6.07) is 1.87. The molecule has 1 aliphatic carbocycles. The zero-order chi connectivity index (χ0) is 8.77. The molecule has 1 heterocycles. The third-order valence-corrected chi connectivity index (χ3v) is 2.52. The Hall–Kier alpha value is -0.760. The highest BCUT2D eigenvalue weighted by Gasteiger charge is 2.32. The molecule has 0 bridgehead atoms. The topological polar surface area (TPSA) is 33.4 Å². The van der Waals surface area contributed by atoms with Crippen molar-refractivity contribution in [2.45, 2.75) is 32.8 Å². The fourth-order valence-electron chi connectivity index (χ4n) is 1.93. The van der Waals surface area contributed by atoms with Crippen LogP contribution in [0.25, 0.3) is 0 Å². The fourth-order valence-corrected chi connectivity index (χ4v) is 1.93. The van der Waals surface area contributed by atoms with Gasteiger partial charge in [-0.15, -0.1) is 0 Å². The monoisotopic (exact) mass is 166 g/mol. The molecule has 0 saturated heterocycles. The number of hydrogen-bond acceptors (Lipinski definition) is 2. The molecular formula is C10H14O2. The predicted molar refractivity (Wildman–Crippen MR) is 45.8 cm³/mol. The summed E-state index contributed by atoms with van der Waals surface area (Å²) in [6.07, 6.45) is 3.10. The van der Waals surface area contributed by atoms with Crippen LogP contribution in [0.5, 0.6) is 0 Å². The molecule has 1 N–H and O–H groups in total. The van der Waals surface area contributed by atoms with Crippen molar-refractivity contribution in [3.63, 3.8) is 0 Å². The van der Waals surface area contributed by atoms with Gasteiger partial charge in [0.2, 0.25) is 0 Å². The highest BCUT2D eigenvalue weighted by atomic mass is 16.3. The van der Waals surface area contributed by atoms with Gasteiger partial charge in [-0.05, 0) is 17.9 Å². The predicted octanol–water partition coefficient (Wildman–Crippen LogP) is 2.29. The van der Waals surface area contributed by atoms with Gasteiger partial charge in [0.1, 0.15) is 5.76 Å². The average Bonchev–Trinajstić information content (AvgIpc) is 2.31. The third-order valence-electron chi connectivity index (χ3n) is 2.52. The second kappa shape index (κ2) is 2.36. The molecular weight excluding hydrogens is 152 g/mol. The molecule has 12 heavy (non-hydrogen) atoms. The molecule has 0 amide bonds. The molecule has 2 heteroatoms. The van der Waals surface area contributed by atoms with Crippen LogP contribution >= 0.6 is 0 Å². The van der Waals surface area contributed by atoms with Crippen molar-refractivity contribution in [3.8, 4) is 0 Å². The van der Waals surface area contributed by atoms with Crippen LogP contribution in [-0.2, 0) is 6.42 Å². The van der Waals surface area contributed by atoms with Gasteiger partial charge in [-0.3, -0.25) is 0 Å². The zero-order valence-corrected chi connectivity index (χ0v) is 7.50. The minimum Gasteiger partial charge on any atom is -0.469 e. The summed E-state index contributed by atoms with van der Waals surface area (Å²) >= 11 is 0. The van der Waals surface area contributed by atoms with Crippen molar-refractivity contribution < 1.29 is 9.52 Å². The highest BCUT2D eigenvalue weighted by molar-refractivity contribution is 5.24. The van der Waals surface area contributed by atoms with Crippen molar-refractivity contribution in [2.24, 2.45) is 5.41 Å². The molecule has 2 rings (SSSR count). The average molecular weight is 166 g/mol. The van der Waals surface area contributed by atoms with Crippen LogP contribution in [0.1, 0.15) is 37.7 Å². The minimum atomic E-state index is -0.331. The van der Waals surface area contributed by atoms with E-state index >= 15 is 0 Å². The van der Waals surface area contributed by atoms with E-state index in [-0.39, 0.29) is 11.5 Å². The number of rotatable bonds is 0. The van der Waals surface area contributed by atoms with Crippen molar-refractivity contribution in [3.05, 3.63) is 23.7 Å². The SMILES string of the molecule is CC1(C)Cc2occc2[C@H](O)C1. The molecule has 66 valence electrons. The molecule has 0 aliphatic heterocycles. The Kier molecular flexibility index (Phi) is 1.55. The Morgan fingerprint density at radius 1 is 1.58 bits per heavy atom. The van der Waals surface area contributed by atoms with E-state index in [4.69, 9.17) is 4.42 Å². The summed E-state index contributed by atoms with van der Waals surface area (Å²) in [5, 5.41) is 9.73.